The molecule has 1 aliphatic rings. The molecule has 0 aromatic carbocycles. The van der Waals surface area contributed by atoms with Crippen LogP contribution in [0.1, 0.15) is 21.7 Å². The molecule has 1 aliphatic heterocycles. The Morgan fingerprint density at radius 3 is 3.17 bits per heavy atom. The highest BCUT2D eigenvalue weighted by atomic mass is 79.9. The second-order valence-electron chi connectivity index (χ2n) is 2.62. The number of fused-ring (bicyclic) bond motifs is 1. The largest absolute Gasteiger partial charge is 0.491 e. The Balaban J connectivity index is 2.53. The summed E-state index contributed by atoms with van der Waals surface area (Å²) in [6.45, 7) is 0.765. The van der Waals surface area contributed by atoms with Crippen molar-refractivity contribution < 1.29 is 9.53 Å². The standard InChI is InChI=1S/C8H7BrO2S/c9-8-7-5(2-1-3-11-7)6(4-10)12-8/h4H,1-3H2. The number of ether oxygens (including phenoxy) is 1. The van der Waals surface area contributed by atoms with Crippen LogP contribution < -0.4 is 4.74 Å². The predicted octanol–water partition coefficient (Wildman–Crippen LogP) is 2.65. The molecule has 0 saturated heterocycles. The molecule has 2 rings (SSSR count). The van der Waals surface area contributed by atoms with Gasteiger partial charge in [-0.3, -0.25) is 4.79 Å². The number of hydrogen-bond donors (Lipinski definition) is 0. The fourth-order valence-corrected chi connectivity index (χ4v) is 3.04. The lowest BCUT2D eigenvalue weighted by Gasteiger charge is -2.13. The van der Waals surface area contributed by atoms with E-state index in [1.54, 1.807) is 0 Å². The lowest BCUT2D eigenvalue weighted by molar-refractivity contribution is 0.112. The zero-order valence-electron chi connectivity index (χ0n) is 6.30. The van der Waals surface area contributed by atoms with Crippen LogP contribution >= 0.6 is 27.3 Å². The quantitative estimate of drug-likeness (QED) is 0.713. The van der Waals surface area contributed by atoms with E-state index in [-0.39, 0.29) is 0 Å². The molecule has 1 aromatic heterocycles. The van der Waals surface area contributed by atoms with Gasteiger partial charge < -0.3 is 4.74 Å². The van der Waals surface area contributed by atoms with Crippen LogP contribution in [0.15, 0.2) is 3.79 Å². The van der Waals surface area contributed by atoms with E-state index in [1.165, 1.54) is 11.3 Å². The van der Waals surface area contributed by atoms with Crippen molar-refractivity contribution in [3.05, 3.63) is 14.2 Å². The van der Waals surface area contributed by atoms with E-state index in [4.69, 9.17) is 4.74 Å². The highest BCUT2D eigenvalue weighted by Gasteiger charge is 2.20. The monoisotopic (exact) mass is 246 g/mol. The Hall–Kier alpha value is -0.350. The zero-order valence-corrected chi connectivity index (χ0v) is 8.70. The van der Waals surface area contributed by atoms with E-state index in [2.05, 4.69) is 15.9 Å². The molecule has 0 fully saturated rings. The van der Waals surface area contributed by atoms with Gasteiger partial charge in [0.25, 0.3) is 0 Å². The first-order chi connectivity index (χ1) is 5.83. The Labute approximate surface area is 82.7 Å². The third kappa shape index (κ3) is 1.19. The van der Waals surface area contributed by atoms with Crippen LogP contribution in [0.2, 0.25) is 0 Å². The molecule has 0 atom stereocenters. The van der Waals surface area contributed by atoms with Crippen LogP contribution in [0.3, 0.4) is 0 Å². The lowest BCUT2D eigenvalue weighted by atomic mass is 10.1. The summed E-state index contributed by atoms with van der Waals surface area (Å²) in [6, 6.07) is 0. The maximum Gasteiger partial charge on any atom is 0.160 e. The Morgan fingerprint density at radius 1 is 1.58 bits per heavy atom. The van der Waals surface area contributed by atoms with Gasteiger partial charge in [-0.25, -0.2) is 0 Å². The number of hydrogen-bond acceptors (Lipinski definition) is 3. The fourth-order valence-electron chi connectivity index (χ4n) is 1.33. The molecule has 2 nitrogen and oxygen atoms in total. The highest BCUT2D eigenvalue weighted by Crippen LogP contribution is 2.41. The van der Waals surface area contributed by atoms with Gasteiger partial charge in [0, 0.05) is 5.56 Å². The van der Waals surface area contributed by atoms with Gasteiger partial charge >= 0.3 is 0 Å². The summed E-state index contributed by atoms with van der Waals surface area (Å²) in [4.78, 5) is 11.4. The molecule has 0 radical (unpaired) electrons. The summed E-state index contributed by atoms with van der Waals surface area (Å²) in [5.41, 5.74) is 1.08. The van der Waals surface area contributed by atoms with Gasteiger partial charge in [0.15, 0.2) is 6.29 Å². The predicted molar refractivity (Wildman–Crippen MR) is 51.2 cm³/mol. The smallest absolute Gasteiger partial charge is 0.160 e. The van der Waals surface area contributed by atoms with Crippen LogP contribution in [0, 0.1) is 0 Å². The summed E-state index contributed by atoms with van der Waals surface area (Å²) < 4.78 is 6.39. The number of halogens is 1. The first-order valence-electron chi connectivity index (χ1n) is 3.72. The molecule has 0 saturated carbocycles. The molecule has 0 bridgehead atoms. The van der Waals surface area contributed by atoms with E-state index >= 15 is 0 Å². The molecule has 0 amide bonds. The van der Waals surface area contributed by atoms with Gasteiger partial charge in [0.05, 0.1) is 11.5 Å². The molecule has 4 heteroatoms. The summed E-state index contributed by atoms with van der Waals surface area (Å²) >= 11 is 4.83. The zero-order chi connectivity index (χ0) is 8.55. The maximum absolute atomic E-state index is 10.6. The normalized spacial score (nSPS) is 15.1. The van der Waals surface area contributed by atoms with Crippen molar-refractivity contribution in [1.82, 2.24) is 0 Å². The van der Waals surface area contributed by atoms with Gasteiger partial charge in [-0.2, -0.15) is 0 Å². The Morgan fingerprint density at radius 2 is 2.42 bits per heavy atom. The molecule has 1 aromatic rings. The topological polar surface area (TPSA) is 26.3 Å². The van der Waals surface area contributed by atoms with E-state index < -0.39 is 0 Å². The average Bonchev–Trinajstić information content (AvgIpc) is 2.44. The van der Waals surface area contributed by atoms with E-state index in [0.717, 1.165) is 45.7 Å². The van der Waals surface area contributed by atoms with Crippen LogP contribution in [-0.4, -0.2) is 12.9 Å². The number of carbonyl (C=O) groups is 1. The number of aldehydes is 1. The maximum atomic E-state index is 10.6. The lowest BCUT2D eigenvalue weighted by Crippen LogP contribution is -2.07. The van der Waals surface area contributed by atoms with Crippen molar-refractivity contribution in [3.8, 4) is 5.75 Å². The summed E-state index contributed by atoms with van der Waals surface area (Å²) in [5.74, 6) is 0.883. The van der Waals surface area contributed by atoms with Gasteiger partial charge in [0.2, 0.25) is 0 Å². The Kier molecular flexibility index (Phi) is 2.19. The van der Waals surface area contributed by atoms with Crippen molar-refractivity contribution in [1.29, 1.82) is 0 Å². The van der Waals surface area contributed by atoms with Gasteiger partial charge in [-0.15, -0.1) is 11.3 Å². The number of carbonyl (C=O) groups excluding carboxylic acids is 1. The van der Waals surface area contributed by atoms with Crippen LogP contribution in [0.4, 0.5) is 0 Å². The summed E-state index contributed by atoms with van der Waals surface area (Å²) in [5, 5.41) is 0. The third-order valence-corrected chi connectivity index (χ3v) is 3.65. The van der Waals surface area contributed by atoms with Crippen LogP contribution in [-0.2, 0) is 6.42 Å². The summed E-state index contributed by atoms with van der Waals surface area (Å²) in [6.07, 6.45) is 2.88. The van der Waals surface area contributed by atoms with Gasteiger partial charge in [0.1, 0.15) is 9.54 Å². The highest BCUT2D eigenvalue weighted by molar-refractivity contribution is 9.11. The van der Waals surface area contributed by atoms with Crippen molar-refractivity contribution >= 4 is 33.6 Å². The summed E-state index contributed by atoms with van der Waals surface area (Å²) in [7, 11) is 0. The third-order valence-electron chi connectivity index (χ3n) is 1.87. The molecule has 2 heterocycles. The SMILES string of the molecule is O=Cc1sc(Br)c2c1CCCO2. The van der Waals surface area contributed by atoms with E-state index in [1.807, 2.05) is 0 Å². The molecule has 12 heavy (non-hydrogen) atoms. The van der Waals surface area contributed by atoms with Crippen molar-refractivity contribution in [2.45, 2.75) is 12.8 Å². The second kappa shape index (κ2) is 3.18. The Bertz CT molecular complexity index is 319. The van der Waals surface area contributed by atoms with Crippen LogP contribution in [0.25, 0.3) is 0 Å². The minimum absolute atomic E-state index is 0.765. The molecular formula is C8H7BrO2S. The van der Waals surface area contributed by atoms with Crippen molar-refractivity contribution in [2.75, 3.05) is 6.61 Å². The molecular weight excluding hydrogens is 240 g/mol. The minimum atomic E-state index is 0.765. The van der Waals surface area contributed by atoms with Crippen molar-refractivity contribution in [2.24, 2.45) is 0 Å². The fraction of sp³-hybridized carbons (Fsp3) is 0.375. The van der Waals surface area contributed by atoms with Crippen molar-refractivity contribution in [3.63, 3.8) is 0 Å². The van der Waals surface area contributed by atoms with Gasteiger partial charge in [-0.1, -0.05) is 0 Å². The minimum Gasteiger partial charge on any atom is -0.491 e. The second-order valence-corrected chi connectivity index (χ2v) is 4.99. The first kappa shape index (κ1) is 8.26. The number of rotatable bonds is 1. The average molecular weight is 247 g/mol. The van der Waals surface area contributed by atoms with Crippen LogP contribution in [0.5, 0.6) is 5.75 Å². The molecule has 0 unspecified atom stereocenters. The molecule has 0 N–H and O–H groups in total. The number of thiophene rings is 1. The first-order valence-corrected chi connectivity index (χ1v) is 5.33. The van der Waals surface area contributed by atoms with E-state index in [9.17, 15) is 4.79 Å². The molecule has 0 spiro atoms. The molecule has 0 aliphatic carbocycles. The molecule has 64 valence electrons. The van der Waals surface area contributed by atoms with E-state index in [0.29, 0.717) is 0 Å². The van der Waals surface area contributed by atoms with Gasteiger partial charge in [-0.05, 0) is 28.8 Å².